The lowest BCUT2D eigenvalue weighted by molar-refractivity contribution is 0.814. The van der Waals surface area contributed by atoms with Crippen molar-refractivity contribution < 1.29 is 0 Å². The molecule has 0 aliphatic rings. The maximum Gasteiger partial charge on any atom is 0.0222 e. The summed E-state index contributed by atoms with van der Waals surface area (Å²) in [6.07, 6.45) is 0. The van der Waals surface area contributed by atoms with Gasteiger partial charge in [-0.05, 0) is 31.2 Å². The first-order valence-electron chi connectivity index (χ1n) is 3.63. The van der Waals surface area contributed by atoms with E-state index in [0.717, 1.165) is 6.54 Å². The highest BCUT2D eigenvalue weighted by Gasteiger charge is 1.96. The second-order valence-corrected chi connectivity index (χ2v) is 3.48. The van der Waals surface area contributed by atoms with E-state index in [4.69, 9.17) is 0 Å². The molecule has 0 aliphatic heterocycles. The van der Waals surface area contributed by atoms with Crippen molar-refractivity contribution in [3.8, 4) is 0 Å². The Morgan fingerprint density at radius 1 is 1.42 bits per heavy atom. The first-order chi connectivity index (χ1) is 5.24. The van der Waals surface area contributed by atoms with Crippen molar-refractivity contribution in [2.45, 2.75) is 13.5 Å². The summed E-state index contributed by atoms with van der Waals surface area (Å²) in [7, 11) is 1.95. The SMILES string of the molecule is CNCc1ccc(C)cc1Br.Cl. The van der Waals surface area contributed by atoms with Gasteiger partial charge in [0, 0.05) is 11.0 Å². The molecule has 1 rings (SSSR count). The van der Waals surface area contributed by atoms with Crippen LogP contribution in [-0.4, -0.2) is 7.05 Å². The quantitative estimate of drug-likeness (QED) is 0.851. The Morgan fingerprint density at radius 3 is 2.58 bits per heavy atom. The molecule has 68 valence electrons. The van der Waals surface area contributed by atoms with Crippen LogP contribution in [0.15, 0.2) is 22.7 Å². The van der Waals surface area contributed by atoms with Crippen molar-refractivity contribution in [3.63, 3.8) is 0 Å². The molecule has 0 bridgehead atoms. The number of aryl methyl sites for hydroxylation is 1. The maximum absolute atomic E-state index is 3.51. The van der Waals surface area contributed by atoms with Crippen molar-refractivity contribution in [3.05, 3.63) is 33.8 Å². The summed E-state index contributed by atoms with van der Waals surface area (Å²) in [4.78, 5) is 0. The van der Waals surface area contributed by atoms with Crippen LogP contribution >= 0.6 is 28.3 Å². The van der Waals surface area contributed by atoms with Gasteiger partial charge in [0.05, 0.1) is 0 Å². The molecule has 0 atom stereocenters. The number of hydrogen-bond acceptors (Lipinski definition) is 1. The Kier molecular flexibility index (Phi) is 5.55. The average molecular weight is 251 g/mol. The molecule has 0 aliphatic carbocycles. The van der Waals surface area contributed by atoms with E-state index in [1.165, 1.54) is 15.6 Å². The van der Waals surface area contributed by atoms with Crippen LogP contribution in [0.3, 0.4) is 0 Å². The van der Waals surface area contributed by atoms with Crippen LogP contribution in [0.1, 0.15) is 11.1 Å². The first-order valence-corrected chi connectivity index (χ1v) is 4.43. The van der Waals surface area contributed by atoms with Gasteiger partial charge in [0.2, 0.25) is 0 Å². The Balaban J connectivity index is 0.00000121. The third-order valence-electron chi connectivity index (χ3n) is 1.58. The monoisotopic (exact) mass is 249 g/mol. The summed E-state index contributed by atoms with van der Waals surface area (Å²) in [6.45, 7) is 3.01. The zero-order chi connectivity index (χ0) is 8.27. The minimum atomic E-state index is 0. The highest BCUT2D eigenvalue weighted by Crippen LogP contribution is 2.17. The van der Waals surface area contributed by atoms with E-state index >= 15 is 0 Å². The van der Waals surface area contributed by atoms with Crippen molar-refractivity contribution in [2.24, 2.45) is 0 Å². The molecule has 0 saturated heterocycles. The van der Waals surface area contributed by atoms with Gasteiger partial charge in [-0.3, -0.25) is 0 Å². The molecule has 1 aromatic carbocycles. The minimum absolute atomic E-state index is 0. The summed E-state index contributed by atoms with van der Waals surface area (Å²) in [5.74, 6) is 0. The van der Waals surface area contributed by atoms with Gasteiger partial charge >= 0.3 is 0 Å². The van der Waals surface area contributed by atoms with Gasteiger partial charge in [-0.2, -0.15) is 0 Å². The van der Waals surface area contributed by atoms with E-state index in [9.17, 15) is 0 Å². The van der Waals surface area contributed by atoms with Crippen LogP contribution in [0.2, 0.25) is 0 Å². The Morgan fingerprint density at radius 2 is 2.08 bits per heavy atom. The normalized spacial score (nSPS) is 9.25. The van der Waals surface area contributed by atoms with Crippen LogP contribution < -0.4 is 5.32 Å². The van der Waals surface area contributed by atoms with E-state index in [2.05, 4.69) is 46.4 Å². The fourth-order valence-electron chi connectivity index (χ4n) is 0.986. The van der Waals surface area contributed by atoms with Crippen molar-refractivity contribution in [1.29, 1.82) is 0 Å². The molecule has 0 spiro atoms. The molecular weight excluding hydrogens is 237 g/mol. The Bertz CT molecular complexity index is 250. The van der Waals surface area contributed by atoms with Crippen molar-refractivity contribution >= 4 is 28.3 Å². The third-order valence-corrected chi connectivity index (χ3v) is 2.31. The number of rotatable bonds is 2. The highest BCUT2D eigenvalue weighted by atomic mass is 79.9. The van der Waals surface area contributed by atoms with Crippen molar-refractivity contribution in [2.75, 3.05) is 7.05 Å². The number of nitrogens with one attached hydrogen (secondary N) is 1. The second-order valence-electron chi connectivity index (χ2n) is 2.63. The van der Waals surface area contributed by atoms with Crippen LogP contribution in [0, 0.1) is 6.92 Å². The standard InChI is InChI=1S/C9H12BrN.ClH/c1-7-3-4-8(6-11-2)9(10)5-7;/h3-5,11H,6H2,1-2H3;1H. The largest absolute Gasteiger partial charge is 0.316 e. The summed E-state index contributed by atoms with van der Waals surface area (Å²) in [6, 6.07) is 6.39. The molecule has 0 unspecified atom stereocenters. The van der Waals surface area contributed by atoms with Gasteiger partial charge in [0.1, 0.15) is 0 Å². The highest BCUT2D eigenvalue weighted by molar-refractivity contribution is 9.10. The zero-order valence-electron chi connectivity index (χ0n) is 7.23. The summed E-state index contributed by atoms with van der Waals surface area (Å²) >= 11 is 3.51. The molecule has 0 heterocycles. The van der Waals surface area contributed by atoms with Crippen LogP contribution in [0.5, 0.6) is 0 Å². The minimum Gasteiger partial charge on any atom is -0.316 e. The lowest BCUT2D eigenvalue weighted by Gasteiger charge is -2.03. The molecular formula is C9H13BrClN. The molecule has 0 fully saturated rings. The number of benzene rings is 1. The van der Waals surface area contributed by atoms with Crippen molar-refractivity contribution in [1.82, 2.24) is 5.32 Å². The molecule has 12 heavy (non-hydrogen) atoms. The van der Waals surface area contributed by atoms with Gasteiger partial charge in [0.15, 0.2) is 0 Å². The summed E-state index contributed by atoms with van der Waals surface area (Å²) in [5.41, 5.74) is 2.59. The summed E-state index contributed by atoms with van der Waals surface area (Å²) in [5, 5.41) is 3.11. The fraction of sp³-hybridized carbons (Fsp3) is 0.333. The molecule has 3 heteroatoms. The van der Waals surface area contributed by atoms with Gasteiger partial charge in [-0.1, -0.05) is 28.1 Å². The molecule has 0 aromatic heterocycles. The average Bonchev–Trinajstić information content (AvgIpc) is 1.95. The third kappa shape index (κ3) is 3.13. The smallest absolute Gasteiger partial charge is 0.0222 e. The molecule has 1 nitrogen and oxygen atoms in total. The topological polar surface area (TPSA) is 12.0 Å². The predicted octanol–water partition coefficient (Wildman–Crippen LogP) is 2.90. The Hall–Kier alpha value is -0.0500. The van der Waals surface area contributed by atoms with Gasteiger partial charge in [-0.15, -0.1) is 12.4 Å². The number of halogens is 2. The summed E-state index contributed by atoms with van der Waals surface area (Å²) < 4.78 is 1.19. The molecule has 1 N–H and O–H groups in total. The fourth-order valence-corrected chi connectivity index (χ4v) is 1.62. The van der Waals surface area contributed by atoms with E-state index in [-0.39, 0.29) is 12.4 Å². The van der Waals surface area contributed by atoms with Crippen LogP contribution in [0.25, 0.3) is 0 Å². The van der Waals surface area contributed by atoms with Crippen LogP contribution in [0.4, 0.5) is 0 Å². The lowest BCUT2D eigenvalue weighted by atomic mass is 10.1. The maximum atomic E-state index is 3.51. The van der Waals surface area contributed by atoms with Gasteiger partial charge < -0.3 is 5.32 Å². The van der Waals surface area contributed by atoms with E-state index in [1.807, 2.05) is 7.05 Å². The second kappa shape index (κ2) is 5.57. The molecule has 0 radical (unpaired) electrons. The van der Waals surface area contributed by atoms with E-state index < -0.39 is 0 Å². The van der Waals surface area contributed by atoms with E-state index in [0.29, 0.717) is 0 Å². The molecule has 0 amide bonds. The first kappa shape index (κ1) is 11.9. The van der Waals surface area contributed by atoms with Crippen LogP contribution in [-0.2, 0) is 6.54 Å². The number of hydrogen-bond donors (Lipinski definition) is 1. The predicted molar refractivity (Wildman–Crippen MR) is 58.9 cm³/mol. The lowest BCUT2D eigenvalue weighted by Crippen LogP contribution is -2.05. The van der Waals surface area contributed by atoms with Gasteiger partial charge in [-0.25, -0.2) is 0 Å². The zero-order valence-corrected chi connectivity index (χ0v) is 9.63. The van der Waals surface area contributed by atoms with E-state index in [1.54, 1.807) is 0 Å². The molecule has 1 aromatic rings. The molecule has 0 saturated carbocycles. The Labute approximate surface area is 88.1 Å². The van der Waals surface area contributed by atoms with Gasteiger partial charge in [0.25, 0.3) is 0 Å².